The van der Waals surface area contributed by atoms with E-state index in [0.29, 0.717) is 5.92 Å². The minimum absolute atomic E-state index is 0.519. The number of alkyl halides is 3. The van der Waals surface area contributed by atoms with Gasteiger partial charge < -0.3 is 10.2 Å². The van der Waals surface area contributed by atoms with Gasteiger partial charge in [0.1, 0.15) is 0 Å². The highest BCUT2D eigenvalue weighted by molar-refractivity contribution is 5.56. The number of nitrogens with zero attached hydrogens (tertiary/aromatic N) is 1. The van der Waals surface area contributed by atoms with Crippen molar-refractivity contribution in [2.24, 2.45) is 5.92 Å². The molecule has 1 atom stereocenters. The van der Waals surface area contributed by atoms with Crippen molar-refractivity contribution in [3.63, 3.8) is 0 Å². The quantitative estimate of drug-likeness (QED) is 0.831. The summed E-state index contributed by atoms with van der Waals surface area (Å²) in [6.45, 7) is 7.61. The Morgan fingerprint density at radius 3 is 2.76 bits per heavy atom. The van der Waals surface area contributed by atoms with Crippen molar-refractivity contribution >= 4 is 5.69 Å². The van der Waals surface area contributed by atoms with Gasteiger partial charge in [-0.15, -0.1) is 0 Å². The second-order valence-electron chi connectivity index (χ2n) is 5.80. The molecule has 1 heterocycles. The van der Waals surface area contributed by atoms with Crippen LogP contribution in [-0.4, -0.2) is 26.2 Å². The van der Waals surface area contributed by atoms with Crippen LogP contribution in [0.3, 0.4) is 0 Å². The van der Waals surface area contributed by atoms with Crippen LogP contribution in [0.15, 0.2) is 18.2 Å². The molecule has 0 amide bonds. The van der Waals surface area contributed by atoms with Crippen LogP contribution >= 0.6 is 0 Å². The summed E-state index contributed by atoms with van der Waals surface area (Å²) in [6.07, 6.45) is -2.14. The highest BCUT2D eigenvalue weighted by Gasteiger charge is 2.32. The van der Waals surface area contributed by atoms with E-state index in [1.807, 2.05) is 6.92 Å². The third kappa shape index (κ3) is 4.13. The molecule has 0 radical (unpaired) electrons. The molecule has 2 rings (SSSR count). The van der Waals surface area contributed by atoms with E-state index >= 15 is 0 Å². The highest BCUT2D eigenvalue weighted by atomic mass is 19.4. The average Bonchev–Trinajstić information content (AvgIpc) is 2.87. The third-order valence-electron chi connectivity index (χ3n) is 4.02. The van der Waals surface area contributed by atoms with Crippen molar-refractivity contribution in [3.8, 4) is 0 Å². The lowest BCUT2D eigenvalue weighted by Gasteiger charge is -2.22. The fourth-order valence-electron chi connectivity index (χ4n) is 2.83. The van der Waals surface area contributed by atoms with Crippen LogP contribution in [0.4, 0.5) is 18.9 Å². The van der Waals surface area contributed by atoms with Crippen LogP contribution in [0.25, 0.3) is 0 Å². The minimum atomic E-state index is -4.27. The summed E-state index contributed by atoms with van der Waals surface area (Å²) in [5.74, 6) is 0.519. The Hall–Kier alpha value is -1.23. The van der Waals surface area contributed by atoms with Crippen LogP contribution in [0.5, 0.6) is 0 Å². The van der Waals surface area contributed by atoms with E-state index in [9.17, 15) is 13.2 Å². The van der Waals surface area contributed by atoms with Crippen LogP contribution in [0, 0.1) is 12.8 Å². The Labute approximate surface area is 124 Å². The first-order valence-corrected chi connectivity index (χ1v) is 7.55. The maximum absolute atomic E-state index is 12.8. The van der Waals surface area contributed by atoms with Crippen LogP contribution in [0.2, 0.25) is 0 Å². The molecule has 1 aliphatic heterocycles. The van der Waals surface area contributed by atoms with E-state index in [-0.39, 0.29) is 0 Å². The molecular formula is C16H23F3N2. The number of hydrogen-bond acceptors (Lipinski definition) is 2. The highest BCUT2D eigenvalue weighted by Crippen LogP contribution is 2.34. The molecule has 0 aliphatic carbocycles. The molecule has 1 unspecified atom stereocenters. The van der Waals surface area contributed by atoms with Gasteiger partial charge in [-0.2, -0.15) is 13.2 Å². The Bertz CT molecular complexity index is 471. The molecular weight excluding hydrogens is 277 g/mol. The van der Waals surface area contributed by atoms with Gasteiger partial charge in [-0.3, -0.25) is 0 Å². The normalized spacial score (nSPS) is 19.3. The third-order valence-corrected chi connectivity index (χ3v) is 4.02. The summed E-state index contributed by atoms with van der Waals surface area (Å²) in [5, 5.41) is 3.39. The number of rotatable bonds is 5. The van der Waals surface area contributed by atoms with Crippen LogP contribution < -0.4 is 10.2 Å². The maximum Gasteiger partial charge on any atom is 0.416 e. The van der Waals surface area contributed by atoms with Crippen molar-refractivity contribution < 1.29 is 13.2 Å². The summed E-state index contributed by atoms with van der Waals surface area (Å²) in [6, 6.07) is 4.02. The van der Waals surface area contributed by atoms with Crippen molar-refractivity contribution in [1.82, 2.24) is 5.32 Å². The fourth-order valence-corrected chi connectivity index (χ4v) is 2.83. The number of hydrogen-bond donors (Lipinski definition) is 1. The van der Waals surface area contributed by atoms with Gasteiger partial charge in [0, 0.05) is 18.8 Å². The van der Waals surface area contributed by atoms with Gasteiger partial charge in [-0.05, 0) is 56.5 Å². The Morgan fingerprint density at radius 2 is 2.10 bits per heavy atom. The van der Waals surface area contributed by atoms with Gasteiger partial charge in [0.25, 0.3) is 0 Å². The predicted octanol–water partition coefficient (Wildman–Crippen LogP) is 3.84. The van der Waals surface area contributed by atoms with Gasteiger partial charge in [0.05, 0.1) is 5.56 Å². The van der Waals surface area contributed by atoms with E-state index in [4.69, 9.17) is 0 Å². The number of aryl methyl sites for hydroxylation is 1. The lowest BCUT2D eigenvalue weighted by Crippen LogP contribution is -2.27. The molecule has 1 N–H and O–H groups in total. The van der Waals surface area contributed by atoms with Crippen molar-refractivity contribution in [2.75, 3.05) is 31.1 Å². The first-order valence-electron chi connectivity index (χ1n) is 7.55. The van der Waals surface area contributed by atoms with Crippen molar-refractivity contribution in [3.05, 3.63) is 29.3 Å². The predicted molar refractivity (Wildman–Crippen MR) is 79.7 cm³/mol. The molecule has 21 heavy (non-hydrogen) atoms. The molecule has 5 heteroatoms. The lowest BCUT2D eigenvalue weighted by atomic mass is 10.1. The monoisotopic (exact) mass is 300 g/mol. The minimum Gasteiger partial charge on any atom is -0.371 e. The van der Waals surface area contributed by atoms with Gasteiger partial charge >= 0.3 is 6.18 Å². The molecule has 118 valence electrons. The summed E-state index contributed by atoms with van der Waals surface area (Å²) < 4.78 is 38.5. The number of anilines is 1. The summed E-state index contributed by atoms with van der Waals surface area (Å²) in [4.78, 5) is 2.09. The molecule has 1 saturated heterocycles. The van der Waals surface area contributed by atoms with Crippen molar-refractivity contribution in [2.45, 2.75) is 32.9 Å². The van der Waals surface area contributed by atoms with Gasteiger partial charge in [0.15, 0.2) is 0 Å². The molecule has 1 fully saturated rings. The van der Waals surface area contributed by atoms with Gasteiger partial charge in [0.2, 0.25) is 0 Å². The molecule has 0 aromatic heterocycles. The molecule has 1 aromatic carbocycles. The van der Waals surface area contributed by atoms with Gasteiger partial charge in [-0.25, -0.2) is 0 Å². The Balaban J connectivity index is 2.05. The average molecular weight is 300 g/mol. The summed E-state index contributed by atoms with van der Waals surface area (Å²) in [7, 11) is 0. The van der Waals surface area contributed by atoms with E-state index in [1.54, 1.807) is 6.07 Å². The van der Waals surface area contributed by atoms with Gasteiger partial charge in [-0.1, -0.05) is 13.0 Å². The zero-order valence-corrected chi connectivity index (χ0v) is 12.6. The lowest BCUT2D eigenvalue weighted by molar-refractivity contribution is -0.137. The number of benzene rings is 1. The molecule has 0 saturated carbocycles. The summed E-state index contributed by atoms with van der Waals surface area (Å²) >= 11 is 0. The standard InChI is InChI=1S/C16H23F3N2/c1-3-7-20-10-13-6-8-21(11-13)15-9-14(16(17,18)19)5-4-12(15)2/h4-5,9,13,20H,3,6-8,10-11H2,1-2H3. The number of nitrogens with one attached hydrogen (secondary N) is 1. The maximum atomic E-state index is 12.8. The van der Waals surface area contributed by atoms with E-state index in [0.717, 1.165) is 56.3 Å². The zero-order chi connectivity index (χ0) is 15.5. The van der Waals surface area contributed by atoms with E-state index in [2.05, 4.69) is 17.1 Å². The van der Waals surface area contributed by atoms with E-state index < -0.39 is 11.7 Å². The second kappa shape index (κ2) is 6.69. The molecule has 1 aromatic rings. The Kier molecular flexibility index (Phi) is 5.14. The molecule has 0 bridgehead atoms. The second-order valence-corrected chi connectivity index (χ2v) is 5.80. The smallest absolute Gasteiger partial charge is 0.371 e. The van der Waals surface area contributed by atoms with E-state index in [1.165, 1.54) is 6.07 Å². The topological polar surface area (TPSA) is 15.3 Å². The number of halogens is 3. The first-order chi connectivity index (χ1) is 9.91. The Morgan fingerprint density at radius 1 is 1.33 bits per heavy atom. The van der Waals surface area contributed by atoms with Crippen molar-refractivity contribution in [1.29, 1.82) is 0 Å². The summed E-state index contributed by atoms with van der Waals surface area (Å²) in [5.41, 5.74) is 1.07. The SMILES string of the molecule is CCCNCC1CCN(c2cc(C(F)(F)F)ccc2C)C1. The fraction of sp³-hybridized carbons (Fsp3) is 0.625. The first kappa shape index (κ1) is 16.1. The molecule has 0 spiro atoms. The largest absolute Gasteiger partial charge is 0.416 e. The zero-order valence-electron chi connectivity index (χ0n) is 12.6. The molecule has 1 aliphatic rings. The van der Waals surface area contributed by atoms with Crippen LogP contribution in [-0.2, 0) is 6.18 Å². The molecule has 2 nitrogen and oxygen atoms in total. The van der Waals surface area contributed by atoms with Crippen LogP contribution in [0.1, 0.15) is 30.9 Å².